The first-order valence-corrected chi connectivity index (χ1v) is 4.13. The van der Waals surface area contributed by atoms with E-state index in [9.17, 15) is 4.39 Å². The normalized spacial score (nSPS) is 13.0. The minimum atomic E-state index is -1.11. The predicted octanol–water partition coefficient (Wildman–Crippen LogP) is 2.62. The van der Waals surface area contributed by atoms with Gasteiger partial charge < -0.3 is 5.73 Å². The zero-order chi connectivity index (χ0) is 9.14. The lowest BCUT2D eigenvalue weighted by Gasteiger charge is -2.06. The van der Waals surface area contributed by atoms with Gasteiger partial charge in [-0.3, -0.25) is 0 Å². The van der Waals surface area contributed by atoms with Crippen molar-refractivity contribution < 1.29 is 4.39 Å². The zero-order valence-electron chi connectivity index (χ0n) is 6.85. The second-order valence-corrected chi connectivity index (χ2v) is 3.12. The maximum Gasteiger partial charge on any atom is 0.137 e. The highest BCUT2D eigenvalue weighted by atomic mass is 35.5. The monoisotopic (exact) mass is 187 g/mol. The molecule has 0 aliphatic rings. The number of hydrogen-bond donors (Lipinski definition) is 1. The molecular weight excluding hydrogens is 177 g/mol. The lowest BCUT2D eigenvalue weighted by Crippen LogP contribution is -2.07. The van der Waals surface area contributed by atoms with E-state index in [0.29, 0.717) is 10.6 Å². The number of halogens is 2. The van der Waals surface area contributed by atoms with E-state index in [-0.39, 0.29) is 6.54 Å². The molecule has 2 N–H and O–H groups in total. The van der Waals surface area contributed by atoms with Gasteiger partial charge in [0.25, 0.3) is 0 Å². The van der Waals surface area contributed by atoms with E-state index in [2.05, 4.69) is 0 Å². The molecule has 0 spiro atoms. The first-order chi connectivity index (χ1) is 5.65. The minimum Gasteiger partial charge on any atom is -0.327 e. The van der Waals surface area contributed by atoms with Gasteiger partial charge in [0.05, 0.1) is 0 Å². The summed E-state index contributed by atoms with van der Waals surface area (Å²) in [4.78, 5) is 0. The number of aryl methyl sites for hydroxylation is 1. The van der Waals surface area contributed by atoms with E-state index in [1.54, 1.807) is 18.2 Å². The van der Waals surface area contributed by atoms with Crippen LogP contribution in [-0.2, 0) is 0 Å². The summed E-state index contributed by atoms with van der Waals surface area (Å²) in [7, 11) is 0. The van der Waals surface area contributed by atoms with E-state index >= 15 is 0 Å². The fourth-order valence-electron chi connectivity index (χ4n) is 0.940. The second kappa shape index (κ2) is 3.87. The van der Waals surface area contributed by atoms with Crippen molar-refractivity contribution in [2.24, 2.45) is 5.73 Å². The number of hydrogen-bond acceptors (Lipinski definition) is 1. The molecule has 0 aliphatic carbocycles. The highest BCUT2D eigenvalue weighted by molar-refractivity contribution is 6.31. The van der Waals surface area contributed by atoms with Crippen LogP contribution in [0.3, 0.4) is 0 Å². The Labute approximate surface area is 76.3 Å². The Kier molecular flexibility index (Phi) is 3.06. The molecule has 0 aliphatic heterocycles. The molecule has 3 heteroatoms. The summed E-state index contributed by atoms with van der Waals surface area (Å²) >= 11 is 5.81. The smallest absolute Gasteiger partial charge is 0.137 e. The van der Waals surface area contributed by atoms with Gasteiger partial charge in [-0.1, -0.05) is 23.7 Å². The number of nitrogens with two attached hydrogens (primary N) is 1. The van der Waals surface area contributed by atoms with E-state index < -0.39 is 6.17 Å². The molecule has 0 radical (unpaired) electrons. The first kappa shape index (κ1) is 9.49. The van der Waals surface area contributed by atoms with Crippen LogP contribution in [0.15, 0.2) is 18.2 Å². The largest absolute Gasteiger partial charge is 0.327 e. The lowest BCUT2D eigenvalue weighted by molar-refractivity contribution is 0.353. The average Bonchev–Trinajstić information content (AvgIpc) is 2.08. The van der Waals surface area contributed by atoms with Crippen molar-refractivity contribution in [2.45, 2.75) is 13.1 Å². The van der Waals surface area contributed by atoms with Crippen LogP contribution in [0.4, 0.5) is 4.39 Å². The molecule has 1 aromatic carbocycles. The summed E-state index contributed by atoms with van der Waals surface area (Å²) in [6.07, 6.45) is -1.11. The summed E-state index contributed by atoms with van der Waals surface area (Å²) in [5.41, 5.74) is 6.67. The van der Waals surface area contributed by atoms with Crippen molar-refractivity contribution in [3.8, 4) is 0 Å². The van der Waals surface area contributed by atoms with Gasteiger partial charge in [-0.15, -0.1) is 0 Å². The minimum absolute atomic E-state index is 0.000605. The molecule has 1 unspecified atom stereocenters. The van der Waals surface area contributed by atoms with Gasteiger partial charge in [0, 0.05) is 11.6 Å². The van der Waals surface area contributed by atoms with Gasteiger partial charge >= 0.3 is 0 Å². The average molecular weight is 188 g/mol. The van der Waals surface area contributed by atoms with Crippen LogP contribution in [0.25, 0.3) is 0 Å². The van der Waals surface area contributed by atoms with Crippen molar-refractivity contribution in [3.63, 3.8) is 0 Å². The van der Waals surface area contributed by atoms with Crippen LogP contribution in [-0.4, -0.2) is 6.54 Å². The number of alkyl halides is 1. The predicted molar refractivity (Wildman–Crippen MR) is 49.1 cm³/mol. The Morgan fingerprint density at radius 1 is 1.58 bits per heavy atom. The zero-order valence-corrected chi connectivity index (χ0v) is 7.61. The Hall–Kier alpha value is -0.600. The van der Waals surface area contributed by atoms with Crippen LogP contribution >= 0.6 is 11.6 Å². The van der Waals surface area contributed by atoms with Gasteiger partial charge in [0.1, 0.15) is 6.17 Å². The third kappa shape index (κ3) is 1.96. The summed E-state index contributed by atoms with van der Waals surface area (Å²) < 4.78 is 13.0. The van der Waals surface area contributed by atoms with Crippen LogP contribution in [0.5, 0.6) is 0 Å². The highest BCUT2D eigenvalue weighted by Crippen LogP contribution is 2.22. The van der Waals surface area contributed by atoms with Gasteiger partial charge in [-0.2, -0.15) is 0 Å². The lowest BCUT2D eigenvalue weighted by atomic mass is 10.1. The number of benzene rings is 1. The summed E-state index contributed by atoms with van der Waals surface area (Å²) in [6, 6.07) is 5.12. The van der Waals surface area contributed by atoms with Crippen LogP contribution in [0, 0.1) is 6.92 Å². The van der Waals surface area contributed by atoms with E-state index in [1.807, 2.05) is 6.92 Å². The van der Waals surface area contributed by atoms with Crippen molar-refractivity contribution >= 4 is 11.6 Å². The second-order valence-electron chi connectivity index (χ2n) is 2.71. The maximum absolute atomic E-state index is 13.0. The summed E-state index contributed by atoms with van der Waals surface area (Å²) in [6.45, 7) is 1.88. The van der Waals surface area contributed by atoms with Crippen LogP contribution in [0.2, 0.25) is 5.02 Å². The van der Waals surface area contributed by atoms with Gasteiger partial charge in [-0.25, -0.2) is 4.39 Å². The first-order valence-electron chi connectivity index (χ1n) is 3.75. The SMILES string of the molecule is Cc1ccc(C(F)CN)cc1Cl. The molecule has 0 amide bonds. The summed E-state index contributed by atoms with van der Waals surface area (Å²) in [5, 5.41) is 0.587. The Morgan fingerprint density at radius 2 is 2.25 bits per heavy atom. The van der Waals surface area contributed by atoms with Crippen LogP contribution < -0.4 is 5.73 Å². The highest BCUT2D eigenvalue weighted by Gasteiger charge is 2.07. The fraction of sp³-hybridized carbons (Fsp3) is 0.333. The molecule has 0 fully saturated rings. The molecule has 0 heterocycles. The Morgan fingerprint density at radius 3 is 2.75 bits per heavy atom. The molecule has 0 saturated carbocycles. The standard InChI is InChI=1S/C9H11ClFN/c1-6-2-3-7(4-8(6)10)9(11)5-12/h2-4,9H,5,12H2,1H3. The molecule has 12 heavy (non-hydrogen) atoms. The molecule has 1 atom stereocenters. The molecule has 1 aromatic rings. The van der Waals surface area contributed by atoms with Gasteiger partial charge in [0.15, 0.2) is 0 Å². The molecule has 0 aromatic heterocycles. The molecule has 0 bridgehead atoms. The van der Waals surface area contributed by atoms with Gasteiger partial charge in [-0.05, 0) is 24.1 Å². The molecule has 1 rings (SSSR count). The third-order valence-electron chi connectivity index (χ3n) is 1.76. The maximum atomic E-state index is 13.0. The molecule has 66 valence electrons. The topological polar surface area (TPSA) is 26.0 Å². The van der Waals surface area contributed by atoms with E-state index in [1.165, 1.54) is 0 Å². The Bertz CT molecular complexity index is 275. The number of rotatable bonds is 2. The summed E-state index contributed by atoms with van der Waals surface area (Å²) in [5.74, 6) is 0. The third-order valence-corrected chi connectivity index (χ3v) is 2.17. The van der Waals surface area contributed by atoms with Crippen molar-refractivity contribution in [1.29, 1.82) is 0 Å². The van der Waals surface area contributed by atoms with Crippen molar-refractivity contribution in [2.75, 3.05) is 6.54 Å². The molecular formula is C9H11ClFN. The Balaban J connectivity index is 2.96. The van der Waals surface area contributed by atoms with Crippen molar-refractivity contribution in [3.05, 3.63) is 34.3 Å². The van der Waals surface area contributed by atoms with E-state index in [0.717, 1.165) is 5.56 Å². The van der Waals surface area contributed by atoms with Crippen molar-refractivity contribution in [1.82, 2.24) is 0 Å². The molecule has 1 nitrogen and oxygen atoms in total. The van der Waals surface area contributed by atoms with Crippen LogP contribution in [0.1, 0.15) is 17.3 Å². The fourth-order valence-corrected chi connectivity index (χ4v) is 1.13. The van der Waals surface area contributed by atoms with Gasteiger partial charge in [0.2, 0.25) is 0 Å². The van der Waals surface area contributed by atoms with E-state index in [4.69, 9.17) is 17.3 Å². The quantitative estimate of drug-likeness (QED) is 0.757. The molecule has 0 saturated heterocycles.